The van der Waals surface area contributed by atoms with Crippen LogP contribution in [0.4, 0.5) is 0 Å². The van der Waals surface area contributed by atoms with E-state index in [2.05, 4.69) is 15.0 Å². The van der Waals surface area contributed by atoms with Crippen LogP contribution in [0, 0.1) is 0 Å². The van der Waals surface area contributed by atoms with Crippen molar-refractivity contribution in [3.8, 4) is 0 Å². The summed E-state index contributed by atoms with van der Waals surface area (Å²) >= 11 is 0. The van der Waals surface area contributed by atoms with E-state index in [4.69, 9.17) is 5.73 Å². The lowest BCUT2D eigenvalue weighted by Crippen LogP contribution is -2.12. The minimum atomic E-state index is -0.536. The standard InChI is InChI=1S/C10H12N4O/c1-5(2)9-13-7-4-3-6(8(11)15)12-10(7)14-9/h3-5H,1-2H3,(H2,11,15)(H,12,13,14). The molecule has 0 aliphatic carbocycles. The molecule has 0 aliphatic rings. The molecule has 2 aromatic heterocycles. The number of nitrogens with zero attached hydrogens (tertiary/aromatic N) is 2. The molecule has 0 fully saturated rings. The first-order valence-electron chi connectivity index (χ1n) is 4.74. The van der Waals surface area contributed by atoms with Gasteiger partial charge in [-0.3, -0.25) is 4.79 Å². The van der Waals surface area contributed by atoms with Gasteiger partial charge in [0.1, 0.15) is 11.5 Å². The highest BCUT2D eigenvalue weighted by Gasteiger charge is 2.09. The van der Waals surface area contributed by atoms with Gasteiger partial charge in [0.15, 0.2) is 5.65 Å². The normalized spacial score (nSPS) is 11.1. The molecule has 0 saturated heterocycles. The van der Waals surface area contributed by atoms with Crippen LogP contribution in [0.5, 0.6) is 0 Å². The summed E-state index contributed by atoms with van der Waals surface area (Å²) in [4.78, 5) is 22.4. The Morgan fingerprint density at radius 3 is 2.73 bits per heavy atom. The fraction of sp³-hybridized carbons (Fsp3) is 0.300. The second kappa shape index (κ2) is 3.34. The molecule has 5 heteroatoms. The van der Waals surface area contributed by atoms with E-state index in [9.17, 15) is 4.79 Å². The van der Waals surface area contributed by atoms with Crippen molar-refractivity contribution in [1.82, 2.24) is 15.0 Å². The first-order chi connectivity index (χ1) is 7.08. The minimum absolute atomic E-state index is 0.240. The minimum Gasteiger partial charge on any atom is -0.364 e. The number of pyridine rings is 1. The third kappa shape index (κ3) is 1.68. The molecule has 0 saturated carbocycles. The number of aromatic amines is 1. The summed E-state index contributed by atoms with van der Waals surface area (Å²) in [7, 11) is 0. The van der Waals surface area contributed by atoms with Gasteiger partial charge in [0, 0.05) is 5.92 Å². The number of H-pyrrole nitrogens is 1. The van der Waals surface area contributed by atoms with Crippen molar-refractivity contribution >= 4 is 17.1 Å². The van der Waals surface area contributed by atoms with Gasteiger partial charge in [0.2, 0.25) is 0 Å². The Hall–Kier alpha value is -1.91. The number of carbonyl (C=O) groups is 1. The van der Waals surface area contributed by atoms with Crippen molar-refractivity contribution in [1.29, 1.82) is 0 Å². The van der Waals surface area contributed by atoms with Crippen LogP contribution in [0.3, 0.4) is 0 Å². The van der Waals surface area contributed by atoms with Gasteiger partial charge in [-0.05, 0) is 12.1 Å². The third-order valence-electron chi connectivity index (χ3n) is 2.16. The van der Waals surface area contributed by atoms with Gasteiger partial charge in [0.05, 0.1) is 5.52 Å². The number of amides is 1. The smallest absolute Gasteiger partial charge is 0.267 e. The first kappa shape index (κ1) is 9.64. The summed E-state index contributed by atoms with van der Waals surface area (Å²) in [6.07, 6.45) is 0. The van der Waals surface area contributed by atoms with Crippen LogP contribution in [0.1, 0.15) is 36.1 Å². The number of hydrogen-bond acceptors (Lipinski definition) is 3. The number of carbonyl (C=O) groups excluding carboxylic acids is 1. The van der Waals surface area contributed by atoms with Crippen molar-refractivity contribution in [3.05, 3.63) is 23.7 Å². The number of imidazole rings is 1. The van der Waals surface area contributed by atoms with Gasteiger partial charge in [-0.1, -0.05) is 13.8 Å². The molecular formula is C10H12N4O. The average molecular weight is 204 g/mol. The zero-order chi connectivity index (χ0) is 11.0. The van der Waals surface area contributed by atoms with Gasteiger partial charge < -0.3 is 10.7 Å². The molecule has 2 heterocycles. The second-order valence-electron chi connectivity index (χ2n) is 3.71. The largest absolute Gasteiger partial charge is 0.364 e. The number of primary amides is 1. The quantitative estimate of drug-likeness (QED) is 0.770. The molecule has 2 aromatic rings. The van der Waals surface area contributed by atoms with E-state index < -0.39 is 5.91 Å². The highest BCUT2D eigenvalue weighted by atomic mass is 16.1. The van der Waals surface area contributed by atoms with Gasteiger partial charge in [-0.15, -0.1) is 0 Å². The van der Waals surface area contributed by atoms with Crippen LogP contribution >= 0.6 is 0 Å². The second-order valence-corrected chi connectivity index (χ2v) is 3.71. The molecule has 0 unspecified atom stereocenters. The molecule has 5 nitrogen and oxygen atoms in total. The molecule has 0 aromatic carbocycles. The van der Waals surface area contributed by atoms with Crippen molar-refractivity contribution in [2.45, 2.75) is 19.8 Å². The van der Waals surface area contributed by atoms with Crippen LogP contribution in [0.25, 0.3) is 11.2 Å². The van der Waals surface area contributed by atoms with Crippen LogP contribution in [0.2, 0.25) is 0 Å². The zero-order valence-corrected chi connectivity index (χ0v) is 8.61. The number of fused-ring (bicyclic) bond motifs is 1. The van der Waals surface area contributed by atoms with Crippen molar-refractivity contribution in [2.75, 3.05) is 0 Å². The molecule has 0 atom stereocenters. The Labute approximate surface area is 86.7 Å². The summed E-state index contributed by atoms with van der Waals surface area (Å²) in [5.74, 6) is 0.626. The SMILES string of the molecule is CC(C)c1nc2nc(C(N)=O)ccc2[nH]1. The highest BCUT2D eigenvalue weighted by molar-refractivity contribution is 5.92. The lowest BCUT2D eigenvalue weighted by Gasteiger charge is -1.95. The molecule has 1 amide bonds. The number of nitrogens with two attached hydrogens (primary N) is 1. The van der Waals surface area contributed by atoms with Gasteiger partial charge in [0.25, 0.3) is 5.91 Å². The Balaban J connectivity index is 2.57. The summed E-state index contributed by atoms with van der Waals surface area (Å²) in [6, 6.07) is 3.36. The predicted octanol–water partition coefficient (Wildman–Crippen LogP) is 1.18. The van der Waals surface area contributed by atoms with E-state index in [1.165, 1.54) is 0 Å². The maximum absolute atomic E-state index is 10.9. The Bertz CT molecular complexity index is 515. The fourth-order valence-corrected chi connectivity index (χ4v) is 1.32. The Morgan fingerprint density at radius 2 is 2.13 bits per heavy atom. The highest BCUT2D eigenvalue weighted by Crippen LogP contribution is 2.15. The number of rotatable bonds is 2. The third-order valence-corrected chi connectivity index (χ3v) is 2.16. The van der Waals surface area contributed by atoms with Crippen LogP contribution < -0.4 is 5.73 Å². The van der Waals surface area contributed by atoms with Crippen LogP contribution in [-0.4, -0.2) is 20.9 Å². The molecule has 0 bridgehead atoms. The summed E-state index contributed by atoms with van der Waals surface area (Å²) in [5.41, 5.74) is 6.73. The number of nitrogens with one attached hydrogen (secondary N) is 1. The van der Waals surface area contributed by atoms with Gasteiger partial charge in [-0.2, -0.15) is 0 Å². The summed E-state index contributed by atoms with van der Waals surface area (Å²) in [5, 5.41) is 0. The number of hydrogen-bond donors (Lipinski definition) is 2. The molecule has 3 N–H and O–H groups in total. The van der Waals surface area contributed by atoms with E-state index in [0.29, 0.717) is 11.6 Å². The first-order valence-corrected chi connectivity index (χ1v) is 4.74. The predicted molar refractivity (Wildman–Crippen MR) is 56.5 cm³/mol. The van der Waals surface area contributed by atoms with E-state index in [1.54, 1.807) is 12.1 Å². The van der Waals surface area contributed by atoms with Crippen molar-refractivity contribution < 1.29 is 4.79 Å². The Morgan fingerprint density at radius 1 is 1.40 bits per heavy atom. The lowest BCUT2D eigenvalue weighted by molar-refractivity contribution is 0.0996. The topological polar surface area (TPSA) is 84.7 Å². The van der Waals surface area contributed by atoms with E-state index in [-0.39, 0.29) is 5.69 Å². The molecule has 78 valence electrons. The van der Waals surface area contributed by atoms with Crippen molar-refractivity contribution in [2.24, 2.45) is 5.73 Å². The number of aromatic nitrogens is 3. The fourth-order valence-electron chi connectivity index (χ4n) is 1.32. The Kier molecular flexibility index (Phi) is 2.15. The monoisotopic (exact) mass is 204 g/mol. The average Bonchev–Trinajstić information content (AvgIpc) is 2.59. The zero-order valence-electron chi connectivity index (χ0n) is 8.61. The van der Waals surface area contributed by atoms with Gasteiger partial charge in [-0.25, -0.2) is 9.97 Å². The van der Waals surface area contributed by atoms with Gasteiger partial charge >= 0.3 is 0 Å². The molecule has 2 rings (SSSR count). The maximum atomic E-state index is 10.9. The maximum Gasteiger partial charge on any atom is 0.267 e. The van der Waals surface area contributed by atoms with E-state index in [1.807, 2.05) is 13.8 Å². The lowest BCUT2D eigenvalue weighted by atomic mass is 10.2. The van der Waals surface area contributed by atoms with E-state index in [0.717, 1.165) is 11.3 Å². The molecule has 0 aliphatic heterocycles. The molecular weight excluding hydrogens is 192 g/mol. The van der Waals surface area contributed by atoms with E-state index >= 15 is 0 Å². The molecule has 15 heavy (non-hydrogen) atoms. The summed E-state index contributed by atoms with van der Waals surface area (Å²) in [6.45, 7) is 4.07. The molecule has 0 radical (unpaired) electrons. The molecule has 0 spiro atoms. The van der Waals surface area contributed by atoms with Crippen molar-refractivity contribution in [3.63, 3.8) is 0 Å². The van der Waals surface area contributed by atoms with Crippen LogP contribution in [0.15, 0.2) is 12.1 Å². The van der Waals surface area contributed by atoms with Crippen LogP contribution in [-0.2, 0) is 0 Å². The summed E-state index contributed by atoms with van der Waals surface area (Å²) < 4.78 is 0.